The third kappa shape index (κ3) is 4.25. The largest absolute Gasteiger partial charge is 0.481 e. The maximum absolute atomic E-state index is 11.5. The van der Waals surface area contributed by atoms with Gasteiger partial charge in [0.05, 0.1) is 24.2 Å². The van der Waals surface area contributed by atoms with E-state index in [1.54, 1.807) is 0 Å². The normalized spacial score (nSPS) is 30.4. The minimum Gasteiger partial charge on any atom is -0.481 e. The van der Waals surface area contributed by atoms with Crippen LogP contribution in [0.5, 0.6) is 0 Å². The van der Waals surface area contributed by atoms with Crippen LogP contribution >= 0.6 is 0 Å². The fourth-order valence-electron chi connectivity index (χ4n) is 2.63. The molecule has 1 aliphatic carbocycles. The van der Waals surface area contributed by atoms with Crippen LogP contribution in [0.2, 0.25) is 0 Å². The minimum absolute atomic E-state index is 0.0619. The molecule has 18 heavy (non-hydrogen) atoms. The molecule has 2 N–H and O–H groups in total. The predicted octanol–water partition coefficient (Wildman–Crippen LogP) is 2.44. The molecule has 0 bridgehead atoms. The third-order valence-corrected chi connectivity index (χ3v) is 3.93. The van der Waals surface area contributed by atoms with Crippen molar-refractivity contribution in [3.63, 3.8) is 0 Å². The number of hydrogen-bond acceptors (Lipinski definition) is 3. The summed E-state index contributed by atoms with van der Waals surface area (Å²) in [5.41, 5.74) is -0.744. The number of hydrogen-bond donors (Lipinski definition) is 2. The molecule has 1 fully saturated rings. The molecule has 0 aromatic rings. The quantitative estimate of drug-likeness (QED) is 0.768. The minimum atomic E-state index is -0.766. The van der Waals surface area contributed by atoms with Crippen molar-refractivity contribution in [1.82, 2.24) is 0 Å². The van der Waals surface area contributed by atoms with E-state index in [1.165, 1.54) is 0 Å². The van der Waals surface area contributed by atoms with Crippen molar-refractivity contribution in [2.45, 2.75) is 65.1 Å². The maximum Gasteiger partial charge on any atom is 0.309 e. The Morgan fingerprint density at radius 2 is 1.94 bits per heavy atom. The molecular weight excluding hydrogens is 232 g/mol. The highest BCUT2D eigenvalue weighted by Gasteiger charge is 2.42. The fourth-order valence-corrected chi connectivity index (χ4v) is 2.63. The molecule has 1 unspecified atom stereocenters. The molecule has 4 nitrogen and oxygen atoms in total. The van der Waals surface area contributed by atoms with Crippen LogP contribution in [0.1, 0.15) is 52.9 Å². The Morgan fingerprint density at radius 1 is 1.39 bits per heavy atom. The number of carboxylic acids is 1. The smallest absolute Gasteiger partial charge is 0.309 e. The van der Waals surface area contributed by atoms with Gasteiger partial charge in [-0.2, -0.15) is 0 Å². The first kappa shape index (κ1) is 15.4. The topological polar surface area (TPSA) is 66.8 Å². The van der Waals surface area contributed by atoms with Crippen LogP contribution in [-0.4, -0.2) is 35.0 Å². The van der Waals surface area contributed by atoms with E-state index in [9.17, 15) is 15.0 Å². The van der Waals surface area contributed by atoms with Gasteiger partial charge in [-0.1, -0.05) is 6.92 Å². The molecule has 1 saturated carbocycles. The van der Waals surface area contributed by atoms with E-state index in [0.29, 0.717) is 25.2 Å². The van der Waals surface area contributed by atoms with E-state index in [1.807, 2.05) is 13.8 Å². The first-order valence-corrected chi connectivity index (χ1v) is 6.89. The van der Waals surface area contributed by atoms with Crippen molar-refractivity contribution in [3.8, 4) is 0 Å². The van der Waals surface area contributed by atoms with Crippen molar-refractivity contribution in [2.75, 3.05) is 6.61 Å². The van der Waals surface area contributed by atoms with Crippen LogP contribution in [0.3, 0.4) is 0 Å². The summed E-state index contributed by atoms with van der Waals surface area (Å²) in [6, 6.07) is 0. The number of ether oxygens (including phenoxy) is 1. The van der Waals surface area contributed by atoms with E-state index in [4.69, 9.17) is 4.74 Å². The molecule has 0 radical (unpaired) electrons. The number of aliphatic hydroxyl groups excluding tert-OH is 1. The van der Waals surface area contributed by atoms with Gasteiger partial charge in [-0.25, -0.2) is 0 Å². The van der Waals surface area contributed by atoms with Crippen LogP contribution in [-0.2, 0) is 9.53 Å². The van der Waals surface area contributed by atoms with E-state index in [-0.39, 0.29) is 12.7 Å². The highest BCUT2D eigenvalue weighted by molar-refractivity contribution is 5.74. The Hall–Kier alpha value is -0.610. The van der Waals surface area contributed by atoms with Crippen molar-refractivity contribution in [1.29, 1.82) is 0 Å². The van der Waals surface area contributed by atoms with Crippen LogP contribution in [0.15, 0.2) is 0 Å². The second-order valence-electron chi connectivity index (χ2n) is 6.01. The lowest BCUT2D eigenvalue weighted by Gasteiger charge is -2.37. The second-order valence-corrected chi connectivity index (χ2v) is 6.01. The number of rotatable bonds is 6. The van der Waals surface area contributed by atoms with Gasteiger partial charge >= 0.3 is 5.97 Å². The highest BCUT2D eigenvalue weighted by atomic mass is 16.5. The summed E-state index contributed by atoms with van der Waals surface area (Å²) in [6.07, 6.45) is 2.89. The van der Waals surface area contributed by atoms with Gasteiger partial charge in [-0.3, -0.25) is 4.79 Å². The van der Waals surface area contributed by atoms with Gasteiger partial charge in [0.15, 0.2) is 0 Å². The molecule has 106 valence electrons. The van der Waals surface area contributed by atoms with Crippen LogP contribution in [0.4, 0.5) is 0 Å². The number of carboxylic acid groups (broad SMARTS) is 1. The van der Waals surface area contributed by atoms with Crippen LogP contribution in [0.25, 0.3) is 0 Å². The number of aliphatic hydroxyl groups is 1. The van der Waals surface area contributed by atoms with Gasteiger partial charge in [0.25, 0.3) is 0 Å². The third-order valence-electron chi connectivity index (χ3n) is 3.93. The van der Waals surface area contributed by atoms with E-state index in [2.05, 4.69) is 6.92 Å². The zero-order valence-electron chi connectivity index (χ0n) is 11.7. The summed E-state index contributed by atoms with van der Waals surface area (Å²) in [6.45, 7) is 6.19. The van der Waals surface area contributed by atoms with Gasteiger partial charge in [-0.15, -0.1) is 0 Å². The second kappa shape index (κ2) is 6.53. The molecule has 0 aromatic heterocycles. The molecule has 0 heterocycles. The molecule has 0 aromatic carbocycles. The molecular formula is C14H26O4. The number of carbonyl (C=O) groups is 1. The molecule has 1 aliphatic rings. The van der Waals surface area contributed by atoms with E-state index in [0.717, 1.165) is 12.8 Å². The van der Waals surface area contributed by atoms with Crippen molar-refractivity contribution < 1.29 is 19.7 Å². The van der Waals surface area contributed by atoms with Crippen LogP contribution in [0, 0.1) is 11.3 Å². The molecule has 0 aliphatic heterocycles. The molecule has 1 atom stereocenters. The van der Waals surface area contributed by atoms with Crippen LogP contribution < -0.4 is 0 Å². The fraction of sp³-hybridized carbons (Fsp3) is 0.929. The zero-order valence-corrected chi connectivity index (χ0v) is 11.7. The van der Waals surface area contributed by atoms with Gasteiger partial charge in [0.2, 0.25) is 0 Å². The lowest BCUT2D eigenvalue weighted by Crippen LogP contribution is -2.39. The predicted molar refractivity (Wildman–Crippen MR) is 69.4 cm³/mol. The summed E-state index contributed by atoms with van der Waals surface area (Å²) < 4.78 is 5.35. The molecule has 0 spiro atoms. The summed E-state index contributed by atoms with van der Waals surface area (Å²) in [5.74, 6) is -0.167. The van der Waals surface area contributed by atoms with Crippen molar-refractivity contribution in [2.24, 2.45) is 11.3 Å². The van der Waals surface area contributed by atoms with Gasteiger partial charge < -0.3 is 14.9 Å². The summed E-state index contributed by atoms with van der Waals surface area (Å²) >= 11 is 0. The molecule has 0 amide bonds. The lowest BCUT2D eigenvalue weighted by atomic mass is 9.68. The monoisotopic (exact) mass is 258 g/mol. The summed E-state index contributed by atoms with van der Waals surface area (Å²) in [5, 5.41) is 19.4. The Balaban J connectivity index is 2.55. The van der Waals surface area contributed by atoms with Crippen molar-refractivity contribution in [3.05, 3.63) is 0 Å². The number of aliphatic carboxylic acids is 1. The first-order chi connectivity index (χ1) is 8.35. The standard InChI is InChI=1S/C14H26O4/c1-10(2)18-9-12(15)8-14(13(16)17)6-4-11(3)5-7-14/h10-12,15H,4-9H2,1-3H3,(H,16,17). The van der Waals surface area contributed by atoms with E-state index >= 15 is 0 Å². The zero-order chi connectivity index (χ0) is 13.8. The Morgan fingerprint density at radius 3 is 2.39 bits per heavy atom. The summed E-state index contributed by atoms with van der Waals surface area (Å²) in [7, 11) is 0. The molecule has 4 heteroatoms. The van der Waals surface area contributed by atoms with Gasteiger partial charge in [0.1, 0.15) is 0 Å². The Kier molecular flexibility index (Phi) is 5.60. The van der Waals surface area contributed by atoms with Crippen molar-refractivity contribution >= 4 is 5.97 Å². The molecule has 1 rings (SSSR count). The first-order valence-electron chi connectivity index (χ1n) is 6.89. The van der Waals surface area contributed by atoms with Gasteiger partial charge in [0, 0.05) is 0 Å². The Bertz CT molecular complexity index is 267. The maximum atomic E-state index is 11.5. The summed E-state index contributed by atoms with van der Waals surface area (Å²) in [4.78, 5) is 11.5. The highest BCUT2D eigenvalue weighted by Crippen LogP contribution is 2.42. The lowest BCUT2D eigenvalue weighted by molar-refractivity contribution is -0.155. The van der Waals surface area contributed by atoms with E-state index < -0.39 is 17.5 Å². The molecule has 0 saturated heterocycles. The Labute approximate surface area is 109 Å². The average Bonchev–Trinajstić information content (AvgIpc) is 2.29. The van der Waals surface area contributed by atoms with Gasteiger partial charge in [-0.05, 0) is 51.9 Å². The average molecular weight is 258 g/mol. The SMILES string of the molecule is CC1CCC(CC(O)COC(C)C)(C(=O)O)CC1.